The minimum Gasteiger partial charge on any atom is -0.396 e. The van der Waals surface area contributed by atoms with Crippen molar-refractivity contribution in [2.24, 2.45) is 12.5 Å². The van der Waals surface area contributed by atoms with E-state index in [4.69, 9.17) is 0 Å². The second-order valence-corrected chi connectivity index (χ2v) is 4.90. The molecule has 2 aromatic rings. The number of hydrogen-bond acceptors (Lipinski definition) is 5. The molecular weight excluding hydrogens is 218 g/mol. The average Bonchev–Trinajstić information content (AvgIpc) is 2.70. The van der Waals surface area contributed by atoms with Gasteiger partial charge < -0.3 is 10.4 Å². The highest BCUT2D eigenvalue weighted by Gasteiger charge is 2.17. The first-order valence-electron chi connectivity index (χ1n) is 5.51. The second kappa shape index (κ2) is 4.29. The predicted molar refractivity (Wildman–Crippen MR) is 65.7 cm³/mol. The minimum atomic E-state index is -0.181. The summed E-state index contributed by atoms with van der Waals surface area (Å²) in [7, 11) is 1.84. The molecule has 6 heteroatoms. The zero-order valence-electron chi connectivity index (χ0n) is 10.3. The Kier molecular flexibility index (Phi) is 2.97. The normalized spacial score (nSPS) is 12.0. The molecule has 0 fully saturated rings. The molecule has 0 saturated heterocycles. The summed E-state index contributed by atoms with van der Waals surface area (Å²) in [5, 5.41) is 17.5. The van der Waals surface area contributed by atoms with E-state index < -0.39 is 0 Å². The third-order valence-electron chi connectivity index (χ3n) is 2.69. The molecule has 2 rings (SSSR count). The lowest BCUT2D eigenvalue weighted by Crippen LogP contribution is -2.27. The van der Waals surface area contributed by atoms with E-state index in [9.17, 15) is 5.11 Å². The Hall–Kier alpha value is -1.69. The van der Waals surface area contributed by atoms with Gasteiger partial charge >= 0.3 is 0 Å². The van der Waals surface area contributed by atoms with Crippen LogP contribution in [0.1, 0.15) is 13.8 Å². The molecule has 2 heterocycles. The smallest absolute Gasteiger partial charge is 0.163 e. The molecule has 0 spiro atoms. The zero-order valence-corrected chi connectivity index (χ0v) is 10.3. The van der Waals surface area contributed by atoms with Crippen LogP contribution in [0, 0.1) is 5.41 Å². The highest BCUT2D eigenvalue weighted by Crippen LogP contribution is 2.20. The number of nitrogens with one attached hydrogen (secondary N) is 1. The molecular formula is C11H17N5O. The maximum Gasteiger partial charge on any atom is 0.163 e. The summed E-state index contributed by atoms with van der Waals surface area (Å²) in [6.07, 6.45) is 3.25. The van der Waals surface area contributed by atoms with Gasteiger partial charge in [-0.05, 0) is 0 Å². The fourth-order valence-corrected chi connectivity index (χ4v) is 1.48. The molecule has 0 aliphatic carbocycles. The van der Waals surface area contributed by atoms with Gasteiger partial charge in [0.15, 0.2) is 5.65 Å². The standard InChI is InChI=1S/C11H17N5O/c1-11(2,6-17)5-12-9-8-4-15-16(3)10(8)14-7-13-9/h4,7,17H,5-6H2,1-3H3,(H,12,13,14). The number of aliphatic hydroxyl groups is 1. The van der Waals surface area contributed by atoms with Crippen LogP contribution >= 0.6 is 0 Å². The van der Waals surface area contributed by atoms with Crippen LogP contribution in [0.2, 0.25) is 0 Å². The van der Waals surface area contributed by atoms with E-state index in [1.165, 1.54) is 6.33 Å². The minimum absolute atomic E-state index is 0.126. The van der Waals surface area contributed by atoms with Crippen LogP contribution in [0.4, 0.5) is 5.82 Å². The SMILES string of the molecule is Cn1ncc2c(NCC(C)(C)CO)ncnc21. The predicted octanol–water partition coefficient (Wildman–Crippen LogP) is 0.794. The molecule has 0 atom stereocenters. The average molecular weight is 235 g/mol. The lowest BCUT2D eigenvalue weighted by Gasteiger charge is -2.22. The fourth-order valence-electron chi connectivity index (χ4n) is 1.48. The van der Waals surface area contributed by atoms with E-state index >= 15 is 0 Å². The second-order valence-electron chi connectivity index (χ2n) is 4.90. The number of fused-ring (bicyclic) bond motifs is 1. The Labute approximate surface area is 99.7 Å². The third-order valence-corrected chi connectivity index (χ3v) is 2.69. The summed E-state index contributed by atoms with van der Waals surface area (Å²) in [4.78, 5) is 8.37. The van der Waals surface area contributed by atoms with Crippen LogP contribution in [0.25, 0.3) is 11.0 Å². The van der Waals surface area contributed by atoms with Crippen molar-refractivity contribution in [1.82, 2.24) is 19.7 Å². The van der Waals surface area contributed by atoms with Crippen LogP contribution in [-0.2, 0) is 7.05 Å². The van der Waals surface area contributed by atoms with E-state index in [0.29, 0.717) is 6.54 Å². The van der Waals surface area contributed by atoms with Crippen molar-refractivity contribution in [1.29, 1.82) is 0 Å². The summed E-state index contributed by atoms with van der Waals surface area (Å²) < 4.78 is 1.71. The number of anilines is 1. The van der Waals surface area contributed by atoms with Gasteiger partial charge in [-0.2, -0.15) is 5.10 Å². The van der Waals surface area contributed by atoms with Crippen LogP contribution in [0.5, 0.6) is 0 Å². The number of hydrogen-bond donors (Lipinski definition) is 2. The number of aromatic nitrogens is 4. The maximum absolute atomic E-state index is 9.20. The molecule has 0 amide bonds. The van der Waals surface area contributed by atoms with E-state index in [-0.39, 0.29) is 12.0 Å². The highest BCUT2D eigenvalue weighted by molar-refractivity contribution is 5.85. The first kappa shape index (κ1) is 11.8. The van der Waals surface area contributed by atoms with Gasteiger partial charge in [0, 0.05) is 25.6 Å². The molecule has 0 aromatic carbocycles. The molecule has 0 aliphatic rings. The quantitative estimate of drug-likeness (QED) is 0.819. The third kappa shape index (κ3) is 2.36. The summed E-state index contributed by atoms with van der Waals surface area (Å²) >= 11 is 0. The lowest BCUT2D eigenvalue weighted by atomic mass is 9.95. The molecule has 0 radical (unpaired) electrons. The number of aryl methyl sites for hydroxylation is 1. The van der Waals surface area contributed by atoms with Crippen molar-refractivity contribution < 1.29 is 5.11 Å². The number of nitrogens with zero attached hydrogens (tertiary/aromatic N) is 4. The Morgan fingerprint density at radius 3 is 2.88 bits per heavy atom. The fraction of sp³-hybridized carbons (Fsp3) is 0.545. The van der Waals surface area contributed by atoms with Crippen LogP contribution in [-0.4, -0.2) is 38.0 Å². The summed E-state index contributed by atoms with van der Waals surface area (Å²) in [6, 6.07) is 0. The van der Waals surface area contributed by atoms with Gasteiger partial charge in [0.25, 0.3) is 0 Å². The molecule has 2 aromatic heterocycles. The van der Waals surface area contributed by atoms with E-state index in [1.807, 2.05) is 20.9 Å². The van der Waals surface area contributed by atoms with E-state index in [1.54, 1.807) is 10.9 Å². The van der Waals surface area contributed by atoms with Gasteiger partial charge in [0.05, 0.1) is 11.6 Å². The largest absolute Gasteiger partial charge is 0.396 e. The summed E-state index contributed by atoms with van der Waals surface area (Å²) in [5.74, 6) is 0.754. The Balaban J connectivity index is 2.25. The molecule has 17 heavy (non-hydrogen) atoms. The van der Waals surface area contributed by atoms with Crippen LogP contribution in [0.3, 0.4) is 0 Å². The Morgan fingerprint density at radius 2 is 2.18 bits per heavy atom. The van der Waals surface area contributed by atoms with Gasteiger partial charge in [-0.25, -0.2) is 9.97 Å². The molecule has 0 aliphatic heterocycles. The van der Waals surface area contributed by atoms with Crippen molar-refractivity contribution in [2.75, 3.05) is 18.5 Å². The van der Waals surface area contributed by atoms with Gasteiger partial charge in [-0.15, -0.1) is 0 Å². The molecule has 0 saturated carbocycles. The van der Waals surface area contributed by atoms with Gasteiger partial charge in [0.2, 0.25) is 0 Å². The monoisotopic (exact) mass is 235 g/mol. The highest BCUT2D eigenvalue weighted by atomic mass is 16.3. The first-order chi connectivity index (χ1) is 8.03. The molecule has 0 bridgehead atoms. The summed E-state index contributed by atoms with van der Waals surface area (Å²) in [6.45, 7) is 4.75. The molecule has 2 N–H and O–H groups in total. The molecule has 0 unspecified atom stereocenters. The van der Waals surface area contributed by atoms with Crippen molar-refractivity contribution in [3.8, 4) is 0 Å². The van der Waals surface area contributed by atoms with Crippen LogP contribution in [0.15, 0.2) is 12.5 Å². The van der Waals surface area contributed by atoms with Crippen molar-refractivity contribution in [2.45, 2.75) is 13.8 Å². The van der Waals surface area contributed by atoms with Crippen molar-refractivity contribution in [3.05, 3.63) is 12.5 Å². The Bertz CT molecular complexity index is 520. The van der Waals surface area contributed by atoms with E-state index in [0.717, 1.165) is 16.9 Å². The zero-order chi connectivity index (χ0) is 12.5. The van der Waals surface area contributed by atoms with Gasteiger partial charge in [0.1, 0.15) is 12.1 Å². The van der Waals surface area contributed by atoms with Gasteiger partial charge in [-0.1, -0.05) is 13.8 Å². The topological polar surface area (TPSA) is 75.9 Å². The van der Waals surface area contributed by atoms with Gasteiger partial charge in [-0.3, -0.25) is 4.68 Å². The van der Waals surface area contributed by atoms with Crippen LogP contribution < -0.4 is 5.32 Å². The maximum atomic E-state index is 9.20. The van der Waals surface area contributed by atoms with Crippen molar-refractivity contribution >= 4 is 16.9 Å². The molecule has 6 nitrogen and oxygen atoms in total. The Morgan fingerprint density at radius 1 is 1.41 bits per heavy atom. The first-order valence-corrected chi connectivity index (χ1v) is 5.51. The lowest BCUT2D eigenvalue weighted by molar-refractivity contribution is 0.171. The number of rotatable bonds is 4. The molecule has 92 valence electrons. The number of aliphatic hydroxyl groups excluding tert-OH is 1. The van der Waals surface area contributed by atoms with E-state index in [2.05, 4.69) is 20.4 Å². The van der Waals surface area contributed by atoms with Crippen molar-refractivity contribution in [3.63, 3.8) is 0 Å². The summed E-state index contributed by atoms with van der Waals surface area (Å²) in [5.41, 5.74) is 0.615.